The second kappa shape index (κ2) is 5.32. The minimum Gasteiger partial charge on any atom is -0.448 e. The molecule has 1 aliphatic rings. The van der Waals surface area contributed by atoms with Crippen molar-refractivity contribution in [2.75, 3.05) is 31.1 Å². The number of piperazine rings is 1. The number of oxazole rings is 1. The molecule has 6 nitrogen and oxygen atoms in total. The van der Waals surface area contributed by atoms with E-state index >= 15 is 0 Å². The van der Waals surface area contributed by atoms with E-state index in [0.29, 0.717) is 24.7 Å². The number of rotatable bonds is 2. The van der Waals surface area contributed by atoms with Crippen molar-refractivity contribution in [2.45, 2.75) is 6.92 Å². The van der Waals surface area contributed by atoms with E-state index in [4.69, 9.17) is 4.42 Å². The molecule has 1 amide bonds. The Hall–Kier alpha value is -2.37. The van der Waals surface area contributed by atoms with Crippen LogP contribution >= 0.6 is 0 Å². The van der Waals surface area contributed by atoms with E-state index in [1.807, 2.05) is 18.2 Å². The number of anilines is 1. The molecule has 0 N–H and O–H groups in total. The summed E-state index contributed by atoms with van der Waals surface area (Å²) in [4.78, 5) is 24.6. The minimum atomic E-state index is -0.0671. The second-order valence-electron chi connectivity index (χ2n) is 4.72. The van der Waals surface area contributed by atoms with Gasteiger partial charge in [0.05, 0.1) is 0 Å². The number of carbonyl (C=O) groups is 1. The Morgan fingerprint density at radius 2 is 2.05 bits per heavy atom. The number of hydrogen-bond donors (Lipinski definition) is 0. The van der Waals surface area contributed by atoms with Gasteiger partial charge in [0, 0.05) is 39.3 Å². The molecule has 0 aliphatic carbocycles. The number of pyridine rings is 1. The van der Waals surface area contributed by atoms with Crippen LogP contribution in [0.25, 0.3) is 0 Å². The monoisotopic (exact) mass is 272 g/mol. The molecule has 0 radical (unpaired) electrons. The average molecular weight is 272 g/mol. The molecule has 0 bridgehead atoms. The summed E-state index contributed by atoms with van der Waals surface area (Å²) >= 11 is 0. The fourth-order valence-corrected chi connectivity index (χ4v) is 2.30. The molecule has 0 atom stereocenters. The van der Waals surface area contributed by atoms with Crippen molar-refractivity contribution < 1.29 is 9.21 Å². The van der Waals surface area contributed by atoms with Gasteiger partial charge in [0.15, 0.2) is 11.6 Å². The molecule has 0 saturated carbocycles. The van der Waals surface area contributed by atoms with E-state index < -0.39 is 0 Å². The predicted molar refractivity (Wildman–Crippen MR) is 73.6 cm³/mol. The molecule has 2 aromatic heterocycles. The number of carbonyl (C=O) groups excluding carboxylic acids is 1. The molecule has 6 heteroatoms. The molecule has 20 heavy (non-hydrogen) atoms. The molecule has 0 aromatic carbocycles. The zero-order valence-corrected chi connectivity index (χ0v) is 11.3. The first-order valence-electron chi connectivity index (χ1n) is 6.61. The van der Waals surface area contributed by atoms with E-state index in [1.54, 1.807) is 18.0 Å². The van der Waals surface area contributed by atoms with Crippen molar-refractivity contribution in [3.63, 3.8) is 0 Å². The molecular formula is C14H16N4O2. The summed E-state index contributed by atoms with van der Waals surface area (Å²) in [6, 6.07) is 5.85. The Kier molecular flexibility index (Phi) is 3.37. The summed E-state index contributed by atoms with van der Waals surface area (Å²) in [5, 5.41) is 0. The minimum absolute atomic E-state index is 0.0671. The van der Waals surface area contributed by atoms with Gasteiger partial charge in [-0.2, -0.15) is 0 Å². The lowest BCUT2D eigenvalue weighted by atomic mass is 10.2. The largest absolute Gasteiger partial charge is 0.448 e. The summed E-state index contributed by atoms with van der Waals surface area (Å²) in [6.45, 7) is 4.62. The summed E-state index contributed by atoms with van der Waals surface area (Å²) in [5.74, 6) is 1.40. The summed E-state index contributed by atoms with van der Waals surface area (Å²) in [7, 11) is 0. The number of hydrogen-bond acceptors (Lipinski definition) is 5. The number of aryl methyl sites for hydroxylation is 1. The van der Waals surface area contributed by atoms with Gasteiger partial charge < -0.3 is 14.2 Å². The van der Waals surface area contributed by atoms with Gasteiger partial charge in [0.25, 0.3) is 5.91 Å². The molecule has 1 fully saturated rings. The maximum Gasteiger partial charge on any atom is 0.275 e. The highest BCUT2D eigenvalue weighted by Gasteiger charge is 2.24. The number of nitrogens with zero attached hydrogens (tertiary/aromatic N) is 4. The highest BCUT2D eigenvalue weighted by atomic mass is 16.3. The lowest BCUT2D eigenvalue weighted by Crippen LogP contribution is -2.49. The van der Waals surface area contributed by atoms with Crippen molar-refractivity contribution in [3.8, 4) is 0 Å². The highest BCUT2D eigenvalue weighted by Crippen LogP contribution is 2.14. The summed E-state index contributed by atoms with van der Waals surface area (Å²) < 4.78 is 5.09. The molecular weight excluding hydrogens is 256 g/mol. The summed E-state index contributed by atoms with van der Waals surface area (Å²) in [6.07, 6.45) is 3.20. The Balaban J connectivity index is 1.63. The maximum absolute atomic E-state index is 12.2. The van der Waals surface area contributed by atoms with E-state index in [1.165, 1.54) is 6.26 Å². The molecule has 1 aliphatic heterocycles. The van der Waals surface area contributed by atoms with Crippen LogP contribution in [0.4, 0.5) is 5.82 Å². The summed E-state index contributed by atoms with van der Waals surface area (Å²) in [5.41, 5.74) is 0.383. The first-order chi connectivity index (χ1) is 9.74. The molecule has 0 unspecified atom stereocenters. The zero-order chi connectivity index (χ0) is 13.9. The third kappa shape index (κ3) is 2.49. The van der Waals surface area contributed by atoms with Gasteiger partial charge in [0.2, 0.25) is 0 Å². The van der Waals surface area contributed by atoms with Gasteiger partial charge in [-0.1, -0.05) is 6.07 Å². The van der Waals surface area contributed by atoms with Crippen LogP contribution in [0, 0.1) is 6.92 Å². The fourth-order valence-electron chi connectivity index (χ4n) is 2.30. The van der Waals surface area contributed by atoms with Crippen molar-refractivity contribution >= 4 is 11.7 Å². The Morgan fingerprint density at radius 1 is 1.25 bits per heavy atom. The smallest absolute Gasteiger partial charge is 0.275 e. The first kappa shape index (κ1) is 12.7. The number of aromatic nitrogens is 2. The van der Waals surface area contributed by atoms with Crippen LogP contribution in [0.15, 0.2) is 35.1 Å². The van der Waals surface area contributed by atoms with Gasteiger partial charge in [-0.15, -0.1) is 0 Å². The van der Waals surface area contributed by atoms with Crippen LogP contribution in [-0.2, 0) is 0 Å². The second-order valence-corrected chi connectivity index (χ2v) is 4.72. The molecule has 3 rings (SSSR count). The predicted octanol–water partition coefficient (Wildman–Crippen LogP) is 1.34. The van der Waals surface area contributed by atoms with Crippen LogP contribution in [0.5, 0.6) is 0 Å². The molecule has 0 spiro atoms. The van der Waals surface area contributed by atoms with Crippen LogP contribution in [0.3, 0.4) is 0 Å². The topological polar surface area (TPSA) is 62.5 Å². The molecule has 1 saturated heterocycles. The van der Waals surface area contributed by atoms with E-state index in [-0.39, 0.29) is 5.91 Å². The lowest BCUT2D eigenvalue weighted by Gasteiger charge is -2.35. The highest BCUT2D eigenvalue weighted by molar-refractivity contribution is 5.92. The Morgan fingerprint density at radius 3 is 2.65 bits per heavy atom. The lowest BCUT2D eigenvalue weighted by molar-refractivity contribution is 0.0740. The van der Waals surface area contributed by atoms with Crippen LogP contribution in [0.1, 0.15) is 16.4 Å². The maximum atomic E-state index is 12.2. The fraction of sp³-hybridized carbons (Fsp3) is 0.357. The zero-order valence-electron chi connectivity index (χ0n) is 11.3. The quantitative estimate of drug-likeness (QED) is 0.825. The van der Waals surface area contributed by atoms with Crippen molar-refractivity contribution in [1.82, 2.24) is 14.9 Å². The molecule has 2 aromatic rings. The normalized spacial score (nSPS) is 15.4. The van der Waals surface area contributed by atoms with E-state index in [2.05, 4.69) is 14.9 Å². The molecule has 104 valence electrons. The van der Waals surface area contributed by atoms with E-state index in [0.717, 1.165) is 18.9 Å². The Bertz CT molecular complexity index is 588. The van der Waals surface area contributed by atoms with Gasteiger partial charge in [0.1, 0.15) is 12.1 Å². The van der Waals surface area contributed by atoms with Gasteiger partial charge in [-0.05, 0) is 12.1 Å². The standard InChI is InChI=1S/C14H16N4O2/c1-11-16-12(10-20-11)14(19)18-8-6-17(7-9-18)13-4-2-3-5-15-13/h2-5,10H,6-9H2,1H3. The Labute approximate surface area is 117 Å². The van der Waals surface area contributed by atoms with E-state index in [9.17, 15) is 4.79 Å². The number of amides is 1. The van der Waals surface area contributed by atoms with Crippen molar-refractivity contribution in [2.24, 2.45) is 0 Å². The van der Waals surface area contributed by atoms with Crippen molar-refractivity contribution in [3.05, 3.63) is 42.2 Å². The van der Waals surface area contributed by atoms with Gasteiger partial charge >= 0.3 is 0 Å². The van der Waals surface area contributed by atoms with Crippen LogP contribution in [0.2, 0.25) is 0 Å². The first-order valence-corrected chi connectivity index (χ1v) is 6.61. The van der Waals surface area contributed by atoms with Crippen molar-refractivity contribution in [1.29, 1.82) is 0 Å². The van der Waals surface area contributed by atoms with Crippen LogP contribution < -0.4 is 4.90 Å². The SMILES string of the molecule is Cc1nc(C(=O)N2CCN(c3ccccn3)CC2)co1. The molecule has 3 heterocycles. The average Bonchev–Trinajstić information content (AvgIpc) is 2.94. The van der Waals surface area contributed by atoms with Gasteiger partial charge in [-0.25, -0.2) is 9.97 Å². The van der Waals surface area contributed by atoms with Crippen LogP contribution in [-0.4, -0.2) is 47.0 Å². The third-order valence-electron chi connectivity index (χ3n) is 3.38. The van der Waals surface area contributed by atoms with Gasteiger partial charge in [-0.3, -0.25) is 4.79 Å². The third-order valence-corrected chi connectivity index (χ3v) is 3.38.